The first-order valence-corrected chi connectivity index (χ1v) is 7.25. The second-order valence-electron chi connectivity index (χ2n) is 4.15. The second kappa shape index (κ2) is 8.00. The van der Waals surface area contributed by atoms with Gasteiger partial charge in [-0.25, -0.2) is 13.1 Å². The van der Waals surface area contributed by atoms with E-state index in [1.54, 1.807) is 0 Å². The molecule has 2 N–H and O–H groups in total. The van der Waals surface area contributed by atoms with Crippen molar-refractivity contribution in [3.05, 3.63) is 0 Å². The van der Waals surface area contributed by atoms with Crippen LogP contribution in [0.15, 0.2) is 0 Å². The van der Waals surface area contributed by atoms with E-state index in [-0.39, 0.29) is 18.9 Å². The zero-order valence-corrected chi connectivity index (χ0v) is 11.1. The van der Waals surface area contributed by atoms with Crippen molar-refractivity contribution in [2.45, 2.75) is 33.3 Å². The second-order valence-corrected chi connectivity index (χ2v) is 6.07. The number of sulfonamides is 1. The molecule has 0 spiro atoms. The lowest BCUT2D eigenvalue weighted by atomic mass is 10.1. The molecule has 0 radical (unpaired) electrons. The molecule has 0 saturated heterocycles. The van der Waals surface area contributed by atoms with Crippen LogP contribution in [0.2, 0.25) is 0 Å². The molecule has 1 unspecified atom stereocenters. The highest BCUT2D eigenvalue weighted by molar-refractivity contribution is 7.89. The van der Waals surface area contributed by atoms with Crippen LogP contribution in [0.1, 0.15) is 27.2 Å². The third-order valence-electron chi connectivity index (χ3n) is 1.98. The maximum absolute atomic E-state index is 11.4. The van der Waals surface area contributed by atoms with E-state index in [2.05, 4.69) is 4.72 Å². The lowest BCUT2D eigenvalue weighted by Gasteiger charge is -2.14. The molecule has 0 aliphatic heterocycles. The minimum absolute atomic E-state index is 0.0603. The Morgan fingerprint density at radius 2 is 2.00 bits per heavy atom. The summed E-state index contributed by atoms with van der Waals surface area (Å²) in [5, 5.41) is 9.50. The molecule has 0 rings (SSSR count). The number of aliphatic hydroxyl groups excluding tert-OH is 1. The highest BCUT2D eigenvalue weighted by atomic mass is 32.2. The first-order valence-electron chi connectivity index (χ1n) is 5.60. The SMILES string of the molecule is CCOCCS(=O)(=O)NCC(O)CC(C)C. The summed E-state index contributed by atoms with van der Waals surface area (Å²) in [5.41, 5.74) is 0. The Bertz CT molecular complexity index is 264. The van der Waals surface area contributed by atoms with E-state index in [0.29, 0.717) is 18.9 Å². The quantitative estimate of drug-likeness (QED) is 0.581. The molecule has 0 bridgehead atoms. The van der Waals surface area contributed by atoms with E-state index in [1.165, 1.54) is 0 Å². The van der Waals surface area contributed by atoms with Crippen molar-refractivity contribution in [2.24, 2.45) is 5.92 Å². The molecular weight excluding hydrogens is 230 g/mol. The summed E-state index contributed by atoms with van der Waals surface area (Å²) in [5.74, 6) is 0.290. The average molecular weight is 253 g/mol. The van der Waals surface area contributed by atoms with Gasteiger partial charge in [0.25, 0.3) is 0 Å². The first-order chi connectivity index (χ1) is 7.37. The summed E-state index contributed by atoms with van der Waals surface area (Å²) in [6, 6.07) is 0. The molecule has 16 heavy (non-hydrogen) atoms. The van der Waals surface area contributed by atoms with Crippen molar-refractivity contribution < 1.29 is 18.3 Å². The van der Waals surface area contributed by atoms with E-state index in [9.17, 15) is 13.5 Å². The van der Waals surface area contributed by atoms with Gasteiger partial charge in [0.2, 0.25) is 10.0 Å². The lowest BCUT2D eigenvalue weighted by Crippen LogP contribution is -2.35. The minimum atomic E-state index is -3.32. The molecule has 0 aliphatic carbocycles. The number of hydrogen-bond acceptors (Lipinski definition) is 4. The van der Waals surface area contributed by atoms with Crippen molar-refractivity contribution in [3.63, 3.8) is 0 Å². The van der Waals surface area contributed by atoms with Gasteiger partial charge in [-0.2, -0.15) is 0 Å². The Labute approximate surface area is 98.2 Å². The van der Waals surface area contributed by atoms with Gasteiger partial charge in [-0.15, -0.1) is 0 Å². The Kier molecular flexibility index (Phi) is 7.91. The fourth-order valence-electron chi connectivity index (χ4n) is 1.24. The van der Waals surface area contributed by atoms with Crippen LogP contribution in [0.3, 0.4) is 0 Å². The number of hydrogen-bond donors (Lipinski definition) is 2. The third kappa shape index (κ3) is 9.08. The van der Waals surface area contributed by atoms with Gasteiger partial charge in [0.15, 0.2) is 0 Å². The molecule has 1 atom stereocenters. The van der Waals surface area contributed by atoms with Crippen LogP contribution < -0.4 is 4.72 Å². The van der Waals surface area contributed by atoms with Crippen molar-refractivity contribution >= 4 is 10.0 Å². The Morgan fingerprint density at radius 3 is 2.50 bits per heavy atom. The third-order valence-corrected chi connectivity index (χ3v) is 3.29. The van der Waals surface area contributed by atoms with Gasteiger partial charge in [0.1, 0.15) is 0 Å². The molecule has 0 aliphatic rings. The number of rotatable bonds is 9. The maximum Gasteiger partial charge on any atom is 0.213 e. The normalized spacial score (nSPS) is 14.3. The summed E-state index contributed by atoms with van der Waals surface area (Å²) >= 11 is 0. The van der Waals surface area contributed by atoms with Gasteiger partial charge in [-0.1, -0.05) is 13.8 Å². The van der Waals surface area contributed by atoms with Gasteiger partial charge in [-0.3, -0.25) is 0 Å². The Morgan fingerprint density at radius 1 is 1.38 bits per heavy atom. The molecule has 0 fully saturated rings. The molecule has 98 valence electrons. The van der Waals surface area contributed by atoms with E-state index in [0.717, 1.165) is 0 Å². The van der Waals surface area contributed by atoms with Crippen LogP contribution in [0.25, 0.3) is 0 Å². The summed E-state index contributed by atoms with van der Waals surface area (Å²) in [7, 11) is -3.32. The zero-order chi connectivity index (χ0) is 12.6. The molecular formula is C10H23NO4S. The Hall–Kier alpha value is -0.170. The van der Waals surface area contributed by atoms with Crippen molar-refractivity contribution in [1.29, 1.82) is 0 Å². The van der Waals surface area contributed by atoms with Crippen LogP contribution >= 0.6 is 0 Å². The number of ether oxygens (including phenoxy) is 1. The fourth-order valence-corrected chi connectivity index (χ4v) is 2.16. The average Bonchev–Trinajstić information content (AvgIpc) is 2.14. The number of aliphatic hydroxyl groups is 1. The molecule has 5 nitrogen and oxygen atoms in total. The Balaban J connectivity index is 3.81. The molecule has 0 heterocycles. The molecule has 0 saturated carbocycles. The summed E-state index contributed by atoms with van der Waals surface area (Å²) in [6.07, 6.45) is -0.0320. The van der Waals surface area contributed by atoms with Crippen LogP contribution in [-0.4, -0.2) is 45.1 Å². The first kappa shape index (κ1) is 15.8. The van der Waals surface area contributed by atoms with Crippen molar-refractivity contribution in [2.75, 3.05) is 25.5 Å². The highest BCUT2D eigenvalue weighted by Crippen LogP contribution is 2.03. The smallest absolute Gasteiger partial charge is 0.213 e. The van der Waals surface area contributed by atoms with E-state index in [1.807, 2.05) is 20.8 Å². The predicted molar refractivity (Wildman–Crippen MR) is 63.7 cm³/mol. The van der Waals surface area contributed by atoms with Crippen molar-refractivity contribution in [3.8, 4) is 0 Å². The van der Waals surface area contributed by atoms with Gasteiger partial charge < -0.3 is 9.84 Å². The standard InChI is InChI=1S/C10H23NO4S/c1-4-15-5-6-16(13,14)11-8-10(12)7-9(2)3/h9-12H,4-8H2,1-3H3. The van der Waals surface area contributed by atoms with E-state index < -0.39 is 16.1 Å². The highest BCUT2D eigenvalue weighted by Gasteiger charge is 2.13. The van der Waals surface area contributed by atoms with Crippen molar-refractivity contribution in [1.82, 2.24) is 4.72 Å². The predicted octanol–water partition coefficient (Wildman–Crippen LogP) is 0.349. The summed E-state index contributed by atoms with van der Waals surface area (Å²) in [6.45, 7) is 6.54. The van der Waals surface area contributed by atoms with Crippen LogP contribution in [0.5, 0.6) is 0 Å². The monoisotopic (exact) mass is 253 g/mol. The van der Waals surface area contributed by atoms with Gasteiger partial charge in [0.05, 0.1) is 18.5 Å². The lowest BCUT2D eigenvalue weighted by molar-refractivity contribution is 0.151. The van der Waals surface area contributed by atoms with Gasteiger partial charge in [-0.05, 0) is 19.3 Å². The number of nitrogens with one attached hydrogen (secondary N) is 1. The zero-order valence-electron chi connectivity index (χ0n) is 10.3. The van der Waals surface area contributed by atoms with Crippen LogP contribution in [0, 0.1) is 5.92 Å². The van der Waals surface area contributed by atoms with E-state index in [4.69, 9.17) is 4.74 Å². The minimum Gasteiger partial charge on any atom is -0.392 e. The van der Waals surface area contributed by atoms with E-state index >= 15 is 0 Å². The maximum atomic E-state index is 11.4. The van der Waals surface area contributed by atoms with Gasteiger partial charge in [0, 0.05) is 13.2 Å². The largest absolute Gasteiger partial charge is 0.392 e. The molecule has 0 aromatic carbocycles. The molecule has 6 heteroatoms. The topological polar surface area (TPSA) is 75.6 Å². The molecule has 0 aromatic heterocycles. The molecule has 0 amide bonds. The fraction of sp³-hybridized carbons (Fsp3) is 1.00. The summed E-state index contributed by atoms with van der Waals surface area (Å²) in [4.78, 5) is 0. The van der Waals surface area contributed by atoms with Gasteiger partial charge >= 0.3 is 0 Å². The molecule has 0 aromatic rings. The van der Waals surface area contributed by atoms with Crippen LogP contribution in [0.4, 0.5) is 0 Å². The summed E-state index contributed by atoms with van der Waals surface area (Å²) < 4.78 is 30.1. The van der Waals surface area contributed by atoms with Crippen LogP contribution in [-0.2, 0) is 14.8 Å².